The largest absolute Gasteiger partial charge is 0.490 e. The summed E-state index contributed by atoms with van der Waals surface area (Å²) in [5.74, 6) is -4.75. The minimum Gasteiger partial charge on any atom is -0.475 e. The smallest absolute Gasteiger partial charge is 0.475 e. The van der Waals surface area contributed by atoms with Crippen molar-refractivity contribution in [3.63, 3.8) is 0 Å². The van der Waals surface area contributed by atoms with Gasteiger partial charge in [0.25, 0.3) is 0 Å². The Morgan fingerprint density at radius 2 is 1.41 bits per heavy atom. The predicted octanol–water partition coefficient (Wildman–Crippen LogP) is 2.87. The molecule has 2 bridgehead atoms. The van der Waals surface area contributed by atoms with Gasteiger partial charge in [-0.3, -0.25) is 4.90 Å². The molecule has 1 aliphatic carbocycles. The molecule has 29 heavy (non-hydrogen) atoms. The van der Waals surface area contributed by atoms with Crippen molar-refractivity contribution in [3.05, 3.63) is 35.9 Å². The lowest BCUT2D eigenvalue weighted by atomic mass is 10.1. The van der Waals surface area contributed by atoms with Crippen LogP contribution in [0.2, 0.25) is 0 Å². The number of carbonyl (C=O) groups is 2. The normalized spacial score (nSPS) is 23.5. The van der Waals surface area contributed by atoms with Gasteiger partial charge in [0.1, 0.15) is 0 Å². The third-order valence-electron chi connectivity index (χ3n) is 4.47. The summed E-state index contributed by atoms with van der Waals surface area (Å²) >= 11 is 0. The van der Waals surface area contributed by atoms with Gasteiger partial charge in [-0.15, -0.1) is 0 Å². The maximum atomic E-state index is 10.6. The summed E-state index contributed by atoms with van der Waals surface area (Å²) in [4.78, 5) is 20.4. The van der Waals surface area contributed by atoms with Crippen LogP contribution in [0, 0.1) is 5.92 Å². The molecule has 4 N–H and O–H groups in total. The van der Waals surface area contributed by atoms with Gasteiger partial charge < -0.3 is 15.9 Å². The molecule has 3 unspecified atom stereocenters. The van der Waals surface area contributed by atoms with Gasteiger partial charge in [0, 0.05) is 25.2 Å². The van der Waals surface area contributed by atoms with Crippen molar-refractivity contribution in [2.45, 2.75) is 43.8 Å². The highest BCUT2D eigenvalue weighted by molar-refractivity contribution is 5.73. The zero-order chi connectivity index (χ0) is 22.4. The van der Waals surface area contributed by atoms with Crippen LogP contribution in [0.25, 0.3) is 0 Å². The zero-order valence-electron chi connectivity index (χ0n) is 15.0. The number of carboxylic acids is 2. The van der Waals surface area contributed by atoms with Gasteiger partial charge >= 0.3 is 24.3 Å². The number of carboxylic acid groups (broad SMARTS) is 2. The summed E-state index contributed by atoms with van der Waals surface area (Å²) in [5.41, 5.74) is 7.60. The van der Waals surface area contributed by atoms with Crippen LogP contribution in [-0.4, -0.2) is 58.0 Å². The zero-order valence-corrected chi connectivity index (χ0v) is 15.0. The Morgan fingerprint density at radius 1 is 0.966 bits per heavy atom. The van der Waals surface area contributed by atoms with Crippen molar-refractivity contribution in [1.82, 2.24) is 4.90 Å². The Balaban J connectivity index is 0.000000255. The average molecular weight is 430 g/mol. The molecular formula is C17H20F6N2O4. The third kappa shape index (κ3) is 7.89. The van der Waals surface area contributed by atoms with Crippen molar-refractivity contribution < 1.29 is 46.1 Å². The summed E-state index contributed by atoms with van der Waals surface area (Å²) in [7, 11) is 0. The van der Waals surface area contributed by atoms with E-state index in [9.17, 15) is 26.3 Å². The highest BCUT2D eigenvalue weighted by Gasteiger charge is 2.44. The van der Waals surface area contributed by atoms with E-state index in [-0.39, 0.29) is 0 Å². The van der Waals surface area contributed by atoms with Crippen LogP contribution in [0.3, 0.4) is 0 Å². The molecule has 1 saturated carbocycles. The highest BCUT2D eigenvalue weighted by Crippen LogP contribution is 2.37. The molecule has 0 spiro atoms. The van der Waals surface area contributed by atoms with Gasteiger partial charge in [0.15, 0.2) is 0 Å². The van der Waals surface area contributed by atoms with E-state index in [4.69, 9.17) is 25.5 Å². The van der Waals surface area contributed by atoms with Gasteiger partial charge in [-0.1, -0.05) is 30.3 Å². The van der Waals surface area contributed by atoms with Crippen LogP contribution in [0.4, 0.5) is 26.3 Å². The Labute approximate surface area is 161 Å². The number of alkyl halides is 6. The number of nitrogens with zero attached hydrogens (tertiary/aromatic N) is 1. The van der Waals surface area contributed by atoms with E-state index >= 15 is 0 Å². The molecule has 6 nitrogen and oxygen atoms in total. The summed E-state index contributed by atoms with van der Waals surface area (Å²) in [6, 6.07) is 11.8. The van der Waals surface area contributed by atoms with Gasteiger partial charge in [-0.2, -0.15) is 26.3 Å². The average Bonchev–Trinajstić information content (AvgIpc) is 3.09. The number of likely N-dealkylation sites (tertiary alicyclic amines) is 1. The fourth-order valence-electron chi connectivity index (χ4n) is 3.16. The summed E-state index contributed by atoms with van der Waals surface area (Å²) in [6.07, 6.45) is -7.52. The Kier molecular flexibility index (Phi) is 8.45. The molecule has 164 valence electrons. The number of rotatable bonds is 2. The van der Waals surface area contributed by atoms with Crippen LogP contribution >= 0.6 is 0 Å². The van der Waals surface area contributed by atoms with Gasteiger partial charge in [0.2, 0.25) is 0 Å². The number of benzene rings is 1. The van der Waals surface area contributed by atoms with E-state index in [0.717, 1.165) is 12.5 Å². The van der Waals surface area contributed by atoms with E-state index in [0.29, 0.717) is 12.1 Å². The topological polar surface area (TPSA) is 104 Å². The second kappa shape index (κ2) is 9.92. The predicted molar refractivity (Wildman–Crippen MR) is 88.7 cm³/mol. The minimum absolute atomic E-state index is 0.439. The van der Waals surface area contributed by atoms with Gasteiger partial charge in [-0.05, 0) is 24.3 Å². The fraction of sp³-hybridized carbons (Fsp3) is 0.529. The second-order valence-electron chi connectivity index (χ2n) is 6.50. The third-order valence-corrected chi connectivity index (χ3v) is 4.47. The van der Waals surface area contributed by atoms with Gasteiger partial charge in [-0.25, -0.2) is 9.59 Å². The maximum Gasteiger partial charge on any atom is 0.490 e. The van der Waals surface area contributed by atoms with Crippen molar-refractivity contribution in [2.24, 2.45) is 11.7 Å². The van der Waals surface area contributed by atoms with Crippen LogP contribution in [0.15, 0.2) is 30.3 Å². The monoisotopic (exact) mass is 430 g/mol. The molecule has 2 fully saturated rings. The minimum atomic E-state index is -5.08. The summed E-state index contributed by atoms with van der Waals surface area (Å²) in [5, 5.41) is 14.2. The second-order valence-corrected chi connectivity index (χ2v) is 6.50. The van der Waals surface area contributed by atoms with Crippen LogP contribution in [0.5, 0.6) is 0 Å². The van der Waals surface area contributed by atoms with Crippen LogP contribution < -0.4 is 5.73 Å². The lowest BCUT2D eigenvalue weighted by molar-refractivity contribution is -0.193. The number of fused-ring (bicyclic) bond motifs is 2. The molecule has 12 heteroatoms. The quantitative estimate of drug-likeness (QED) is 0.624. The van der Waals surface area contributed by atoms with E-state index in [1.54, 1.807) is 0 Å². The molecule has 1 heterocycles. The highest BCUT2D eigenvalue weighted by atomic mass is 19.4. The van der Waals surface area contributed by atoms with Crippen molar-refractivity contribution in [2.75, 3.05) is 6.54 Å². The first-order chi connectivity index (χ1) is 13.2. The Hall–Kier alpha value is -2.34. The van der Waals surface area contributed by atoms with E-state index in [2.05, 4.69) is 35.2 Å². The molecule has 1 aliphatic heterocycles. The molecule has 3 atom stereocenters. The molecule has 1 saturated heterocycles. The maximum absolute atomic E-state index is 10.6. The first-order valence-electron chi connectivity index (χ1n) is 8.37. The molecule has 1 aromatic carbocycles. The van der Waals surface area contributed by atoms with Crippen molar-refractivity contribution in [1.29, 1.82) is 0 Å². The standard InChI is InChI=1S/C13H18N2.2C2HF3O2/c14-13-11-6-7-12(13)15(9-11)8-10-4-2-1-3-5-10;2*3-2(4,5)1(6)7/h1-5,11-13H,6-9,14H2;2*(H,6,7). The lowest BCUT2D eigenvalue weighted by Gasteiger charge is -2.26. The molecule has 0 amide bonds. The summed E-state index contributed by atoms with van der Waals surface area (Å²) < 4.78 is 63.5. The lowest BCUT2D eigenvalue weighted by Crippen LogP contribution is -2.37. The first-order valence-corrected chi connectivity index (χ1v) is 8.37. The van der Waals surface area contributed by atoms with Crippen molar-refractivity contribution in [3.8, 4) is 0 Å². The number of piperidine rings is 1. The Bertz CT molecular complexity index is 657. The number of hydrogen-bond donors (Lipinski definition) is 3. The van der Waals surface area contributed by atoms with E-state index in [1.165, 1.54) is 24.9 Å². The van der Waals surface area contributed by atoms with Crippen LogP contribution in [0.1, 0.15) is 18.4 Å². The number of halogens is 6. The Morgan fingerprint density at radius 3 is 1.72 bits per heavy atom. The number of hydrogen-bond acceptors (Lipinski definition) is 4. The molecule has 0 radical (unpaired) electrons. The molecule has 0 aromatic heterocycles. The van der Waals surface area contributed by atoms with E-state index < -0.39 is 24.3 Å². The fourth-order valence-corrected chi connectivity index (χ4v) is 3.16. The number of nitrogens with two attached hydrogens (primary N) is 1. The molecule has 3 rings (SSSR count). The number of aliphatic carboxylic acids is 2. The molecule has 2 aliphatic rings. The first kappa shape index (κ1) is 24.7. The van der Waals surface area contributed by atoms with E-state index in [1.807, 2.05) is 0 Å². The molecular weight excluding hydrogens is 410 g/mol. The van der Waals surface area contributed by atoms with Crippen molar-refractivity contribution >= 4 is 11.9 Å². The van der Waals surface area contributed by atoms with Gasteiger partial charge in [0.05, 0.1) is 0 Å². The summed E-state index contributed by atoms with van der Waals surface area (Å²) in [6.45, 7) is 2.29. The van der Waals surface area contributed by atoms with Crippen LogP contribution in [-0.2, 0) is 16.1 Å². The SMILES string of the molecule is NC1C2CCC1N(Cc1ccccc1)C2.O=C(O)C(F)(F)F.O=C(O)C(F)(F)F. The molecule has 1 aromatic rings.